The Morgan fingerprint density at radius 3 is 2.82 bits per heavy atom. The zero-order chi connectivity index (χ0) is 15.9. The van der Waals surface area contributed by atoms with Gasteiger partial charge in [-0.1, -0.05) is 0 Å². The number of carbonyl (C=O) groups excluding carboxylic acids is 1. The maximum absolute atomic E-state index is 12.6. The summed E-state index contributed by atoms with van der Waals surface area (Å²) in [4.78, 5) is 31.0. The van der Waals surface area contributed by atoms with Crippen LogP contribution < -0.4 is 5.56 Å². The first-order chi connectivity index (χ1) is 10.4. The van der Waals surface area contributed by atoms with Crippen molar-refractivity contribution in [2.45, 2.75) is 19.1 Å². The number of aromatic amines is 1. The van der Waals surface area contributed by atoms with Crippen molar-refractivity contribution >= 4 is 17.2 Å². The second-order valence-electron chi connectivity index (χ2n) is 4.80. The maximum Gasteiger partial charge on any atom is 0.425 e. The van der Waals surface area contributed by atoms with E-state index in [0.29, 0.717) is 29.0 Å². The summed E-state index contributed by atoms with van der Waals surface area (Å²) in [7, 11) is 0. The van der Waals surface area contributed by atoms with E-state index in [1.807, 2.05) is 0 Å². The highest BCUT2D eigenvalue weighted by atomic mass is 32.1. The summed E-state index contributed by atoms with van der Waals surface area (Å²) in [5.74, 6) is -0.478. The summed E-state index contributed by atoms with van der Waals surface area (Å²) in [6.07, 6.45) is -2.86. The lowest BCUT2D eigenvalue weighted by Gasteiger charge is -2.26. The Morgan fingerprint density at radius 1 is 1.36 bits per heavy atom. The average Bonchev–Trinajstić information content (AvgIpc) is 2.96. The molecule has 0 fully saturated rings. The normalized spacial score (nSPS) is 14.8. The number of fused-ring (bicyclic) bond motifs is 1. The predicted octanol–water partition coefficient (Wildman–Crippen LogP) is 2.05. The van der Waals surface area contributed by atoms with Crippen molar-refractivity contribution in [3.8, 4) is 0 Å². The van der Waals surface area contributed by atoms with Gasteiger partial charge in [0.1, 0.15) is 4.88 Å². The summed E-state index contributed by atoms with van der Waals surface area (Å²) >= 11 is 0.422. The van der Waals surface area contributed by atoms with Gasteiger partial charge in [0.25, 0.3) is 11.5 Å². The van der Waals surface area contributed by atoms with Crippen molar-refractivity contribution in [1.82, 2.24) is 14.9 Å². The molecule has 3 rings (SSSR count). The largest absolute Gasteiger partial charge is 0.425 e. The van der Waals surface area contributed by atoms with E-state index >= 15 is 0 Å². The SMILES string of the molecule is O=C(c1ccc(C(F)(F)F)s1)N1CCc2c(nc[nH]c2=O)C1. The summed E-state index contributed by atoms with van der Waals surface area (Å²) in [5, 5.41) is 0. The molecule has 5 nitrogen and oxygen atoms in total. The molecule has 2 aromatic rings. The number of hydrogen-bond acceptors (Lipinski definition) is 4. The molecule has 1 aliphatic rings. The Hall–Kier alpha value is -2.16. The van der Waals surface area contributed by atoms with Crippen LogP contribution in [0.25, 0.3) is 0 Å². The van der Waals surface area contributed by atoms with Gasteiger partial charge in [-0.3, -0.25) is 9.59 Å². The number of amides is 1. The van der Waals surface area contributed by atoms with Crippen molar-refractivity contribution < 1.29 is 18.0 Å². The van der Waals surface area contributed by atoms with Crippen LogP contribution in [0.2, 0.25) is 0 Å². The molecule has 0 saturated carbocycles. The zero-order valence-electron chi connectivity index (χ0n) is 11.1. The highest BCUT2D eigenvalue weighted by Crippen LogP contribution is 2.35. The van der Waals surface area contributed by atoms with Crippen molar-refractivity contribution in [3.05, 3.63) is 49.8 Å². The minimum Gasteiger partial charge on any atom is -0.332 e. The summed E-state index contributed by atoms with van der Waals surface area (Å²) in [6.45, 7) is 0.400. The van der Waals surface area contributed by atoms with Crippen molar-refractivity contribution in [3.63, 3.8) is 0 Å². The van der Waals surface area contributed by atoms with Crippen molar-refractivity contribution in [1.29, 1.82) is 0 Å². The van der Waals surface area contributed by atoms with Gasteiger partial charge < -0.3 is 9.88 Å². The van der Waals surface area contributed by atoms with Crippen LogP contribution in [0.3, 0.4) is 0 Å². The molecule has 0 radical (unpaired) electrons. The lowest BCUT2D eigenvalue weighted by molar-refractivity contribution is -0.134. The lowest BCUT2D eigenvalue weighted by Crippen LogP contribution is -2.38. The van der Waals surface area contributed by atoms with Gasteiger partial charge in [-0.05, 0) is 18.6 Å². The van der Waals surface area contributed by atoms with Crippen LogP contribution in [0, 0.1) is 0 Å². The molecule has 9 heteroatoms. The Morgan fingerprint density at radius 2 is 2.14 bits per heavy atom. The molecule has 2 aromatic heterocycles. The fourth-order valence-electron chi connectivity index (χ4n) is 2.30. The quantitative estimate of drug-likeness (QED) is 0.871. The van der Waals surface area contributed by atoms with E-state index in [0.717, 1.165) is 6.07 Å². The number of hydrogen-bond donors (Lipinski definition) is 1. The van der Waals surface area contributed by atoms with E-state index in [9.17, 15) is 22.8 Å². The van der Waals surface area contributed by atoms with Gasteiger partial charge in [0, 0.05) is 12.1 Å². The number of halogens is 3. The second kappa shape index (κ2) is 5.24. The predicted molar refractivity (Wildman–Crippen MR) is 72.6 cm³/mol. The summed E-state index contributed by atoms with van der Waals surface area (Å²) in [6, 6.07) is 2.08. The smallest absolute Gasteiger partial charge is 0.332 e. The number of aromatic nitrogens is 2. The van der Waals surface area contributed by atoms with Crippen molar-refractivity contribution in [2.75, 3.05) is 6.54 Å². The van der Waals surface area contributed by atoms with Gasteiger partial charge in [-0.25, -0.2) is 4.98 Å². The molecule has 1 amide bonds. The van der Waals surface area contributed by atoms with Gasteiger partial charge >= 0.3 is 6.18 Å². The number of nitrogens with one attached hydrogen (secondary N) is 1. The number of nitrogens with zero attached hydrogens (tertiary/aromatic N) is 2. The van der Waals surface area contributed by atoms with Crippen LogP contribution >= 0.6 is 11.3 Å². The van der Waals surface area contributed by atoms with Gasteiger partial charge in [0.15, 0.2) is 0 Å². The molecule has 0 atom stereocenters. The zero-order valence-corrected chi connectivity index (χ0v) is 11.9. The first kappa shape index (κ1) is 14.8. The van der Waals surface area contributed by atoms with Gasteiger partial charge in [0.2, 0.25) is 0 Å². The summed E-state index contributed by atoms with van der Waals surface area (Å²) < 4.78 is 37.8. The maximum atomic E-state index is 12.6. The number of alkyl halides is 3. The number of rotatable bonds is 1. The van der Waals surface area contributed by atoms with Gasteiger partial charge in [0.05, 0.1) is 23.4 Å². The van der Waals surface area contributed by atoms with Gasteiger partial charge in [-0.15, -0.1) is 11.3 Å². The molecule has 22 heavy (non-hydrogen) atoms. The van der Waals surface area contributed by atoms with Crippen LogP contribution in [0.4, 0.5) is 13.2 Å². The number of carbonyl (C=O) groups is 1. The van der Waals surface area contributed by atoms with E-state index in [1.54, 1.807) is 0 Å². The average molecular weight is 329 g/mol. The molecule has 3 heterocycles. The Labute approximate surface area is 126 Å². The fourth-order valence-corrected chi connectivity index (χ4v) is 3.14. The first-order valence-electron chi connectivity index (χ1n) is 6.38. The van der Waals surface area contributed by atoms with E-state index < -0.39 is 17.0 Å². The number of thiophene rings is 1. The third-order valence-electron chi connectivity index (χ3n) is 3.39. The van der Waals surface area contributed by atoms with Crippen LogP contribution in [0.15, 0.2) is 23.3 Å². The van der Waals surface area contributed by atoms with Crippen LogP contribution in [-0.2, 0) is 19.1 Å². The third-order valence-corrected chi connectivity index (χ3v) is 4.51. The van der Waals surface area contributed by atoms with E-state index in [2.05, 4.69) is 9.97 Å². The molecule has 1 aliphatic heterocycles. The first-order valence-corrected chi connectivity index (χ1v) is 7.19. The van der Waals surface area contributed by atoms with Crippen LogP contribution in [0.5, 0.6) is 0 Å². The molecular weight excluding hydrogens is 319 g/mol. The van der Waals surface area contributed by atoms with Crippen LogP contribution in [0.1, 0.15) is 25.8 Å². The molecule has 0 spiro atoms. The van der Waals surface area contributed by atoms with Gasteiger partial charge in [-0.2, -0.15) is 13.2 Å². The molecule has 0 aliphatic carbocycles. The topological polar surface area (TPSA) is 66.1 Å². The summed E-state index contributed by atoms with van der Waals surface area (Å²) in [5.41, 5.74) is 0.761. The van der Waals surface area contributed by atoms with E-state index in [-0.39, 0.29) is 23.5 Å². The molecule has 0 saturated heterocycles. The molecule has 116 valence electrons. The second-order valence-corrected chi connectivity index (χ2v) is 5.88. The molecule has 0 unspecified atom stereocenters. The molecule has 0 bridgehead atoms. The Kier molecular flexibility index (Phi) is 3.51. The molecular formula is C13H10F3N3O2S. The highest BCUT2D eigenvalue weighted by molar-refractivity contribution is 7.14. The third kappa shape index (κ3) is 2.63. The molecule has 1 N–H and O–H groups in total. The van der Waals surface area contributed by atoms with Crippen LogP contribution in [-0.4, -0.2) is 27.3 Å². The number of H-pyrrole nitrogens is 1. The van der Waals surface area contributed by atoms with E-state index in [1.165, 1.54) is 17.3 Å². The minimum atomic E-state index is -4.45. The minimum absolute atomic E-state index is 0.0283. The van der Waals surface area contributed by atoms with E-state index in [4.69, 9.17) is 0 Å². The lowest BCUT2D eigenvalue weighted by atomic mass is 10.1. The fraction of sp³-hybridized carbons (Fsp3) is 0.308. The van der Waals surface area contributed by atoms with Crippen molar-refractivity contribution in [2.24, 2.45) is 0 Å². The Balaban J connectivity index is 1.82. The Bertz CT molecular complexity index is 781. The highest BCUT2D eigenvalue weighted by Gasteiger charge is 2.34. The molecule has 0 aromatic carbocycles. The monoisotopic (exact) mass is 329 g/mol. The standard InChI is InChI=1S/C13H10F3N3O2S/c14-13(15,16)10-2-1-9(22-10)12(21)19-4-3-7-8(5-19)17-6-18-11(7)20/h1-2,6H,3-5H2,(H,17,18,20).